The molecule has 4 heteroatoms. The molecule has 0 bridgehead atoms. The molecule has 2 rings (SSSR count). The zero-order chi connectivity index (χ0) is 15.5. The van der Waals surface area contributed by atoms with Crippen LogP contribution in [0.1, 0.15) is 39.7 Å². The van der Waals surface area contributed by atoms with Crippen LogP contribution in [0.2, 0.25) is 0 Å². The molecule has 2 atom stereocenters. The van der Waals surface area contributed by atoms with Crippen molar-refractivity contribution in [3.8, 4) is 0 Å². The summed E-state index contributed by atoms with van der Waals surface area (Å²) in [5, 5.41) is 3.53. The Bertz CT molecular complexity index is 467. The number of benzene rings is 1. The Morgan fingerprint density at radius 3 is 2.62 bits per heavy atom. The lowest BCUT2D eigenvalue weighted by Crippen LogP contribution is -2.40. The highest BCUT2D eigenvalue weighted by Gasteiger charge is 2.34. The Labute approximate surface area is 127 Å². The van der Waals surface area contributed by atoms with E-state index in [9.17, 15) is 4.79 Å². The van der Waals surface area contributed by atoms with Crippen LogP contribution in [-0.2, 0) is 11.3 Å². The number of hydrogen-bond acceptors (Lipinski definition) is 3. The molecule has 1 aliphatic heterocycles. The Kier molecular flexibility index (Phi) is 4.88. The molecule has 1 saturated heterocycles. The summed E-state index contributed by atoms with van der Waals surface area (Å²) in [6.45, 7) is 9.32. The van der Waals surface area contributed by atoms with Gasteiger partial charge in [-0.15, -0.1) is 0 Å². The molecule has 1 aromatic rings. The van der Waals surface area contributed by atoms with Gasteiger partial charge in [0, 0.05) is 25.2 Å². The van der Waals surface area contributed by atoms with E-state index in [0.717, 1.165) is 13.0 Å². The van der Waals surface area contributed by atoms with Gasteiger partial charge < -0.3 is 15.0 Å². The van der Waals surface area contributed by atoms with E-state index < -0.39 is 5.60 Å². The lowest BCUT2D eigenvalue weighted by Gasteiger charge is -2.27. The number of ether oxygens (including phenoxy) is 1. The second-order valence-corrected chi connectivity index (χ2v) is 6.78. The summed E-state index contributed by atoms with van der Waals surface area (Å²) >= 11 is 0. The lowest BCUT2D eigenvalue weighted by atomic mass is 10.1. The Morgan fingerprint density at radius 2 is 2.00 bits per heavy atom. The van der Waals surface area contributed by atoms with Crippen LogP contribution in [0.5, 0.6) is 0 Å². The fourth-order valence-corrected chi connectivity index (χ4v) is 2.61. The van der Waals surface area contributed by atoms with Crippen molar-refractivity contribution in [3.05, 3.63) is 35.9 Å². The smallest absolute Gasteiger partial charge is 0.410 e. The first kappa shape index (κ1) is 15.8. The molecule has 4 nitrogen and oxygen atoms in total. The van der Waals surface area contributed by atoms with Crippen molar-refractivity contribution in [2.45, 2.75) is 58.3 Å². The first-order valence-corrected chi connectivity index (χ1v) is 7.62. The van der Waals surface area contributed by atoms with Crippen molar-refractivity contribution in [3.63, 3.8) is 0 Å². The van der Waals surface area contributed by atoms with E-state index in [-0.39, 0.29) is 12.1 Å². The van der Waals surface area contributed by atoms with Crippen LogP contribution in [0, 0.1) is 0 Å². The molecule has 116 valence electrons. The summed E-state index contributed by atoms with van der Waals surface area (Å²) in [5.41, 5.74) is 0.827. The van der Waals surface area contributed by atoms with Crippen LogP contribution in [0.25, 0.3) is 0 Å². The molecule has 1 N–H and O–H groups in total. The third-order valence-electron chi connectivity index (χ3n) is 3.64. The number of carbonyl (C=O) groups is 1. The Balaban J connectivity index is 1.85. The zero-order valence-electron chi connectivity index (χ0n) is 13.4. The van der Waals surface area contributed by atoms with Gasteiger partial charge in [0.05, 0.1) is 0 Å². The molecular formula is C17H26N2O2. The van der Waals surface area contributed by atoms with E-state index in [0.29, 0.717) is 12.6 Å². The maximum Gasteiger partial charge on any atom is 0.410 e. The van der Waals surface area contributed by atoms with Crippen LogP contribution in [-0.4, -0.2) is 35.2 Å². The monoisotopic (exact) mass is 290 g/mol. The maximum atomic E-state index is 12.2. The van der Waals surface area contributed by atoms with E-state index >= 15 is 0 Å². The van der Waals surface area contributed by atoms with Gasteiger partial charge in [-0.3, -0.25) is 0 Å². The van der Waals surface area contributed by atoms with Gasteiger partial charge in [0.1, 0.15) is 5.60 Å². The van der Waals surface area contributed by atoms with Crippen LogP contribution in [0.3, 0.4) is 0 Å². The average Bonchev–Trinajstić information content (AvgIpc) is 2.77. The van der Waals surface area contributed by atoms with Gasteiger partial charge in [0.25, 0.3) is 0 Å². The molecule has 0 unspecified atom stereocenters. The molecule has 1 heterocycles. The normalized spacial score (nSPS) is 22.4. The van der Waals surface area contributed by atoms with Crippen LogP contribution < -0.4 is 5.32 Å². The van der Waals surface area contributed by atoms with Crippen molar-refractivity contribution >= 4 is 6.09 Å². The van der Waals surface area contributed by atoms with Crippen molar-refractivity contribution in [2.24, 2.45) is 0 Å². The maximum absolute atomic E-state index is 12.2. The summed E-state index contributed by atoms with van der Waals surface area (Å²) < 4.78 is 5.46. The van der Waals surface area contributed by atoms with E-state index in [2.05, 4.69) is 24.4 Å². The van der Waals surface area contributed by atoms with Gasteiger partial charge in [0.15, 0.2) is 0 Å². The lowest BCUT2D eigenvalue weighted by molar-refractivity contribution is 0.0236. The SMILES string of the molecule is C[C@H]1C[C@H](NCc2ccccc2)CN1C(=O)OC(C)(C)C. The number of likely N-dealkylation sites (tertiary alicyclic amines) is 1. The Hall–Kier alpha value is -1.55. The van der Waals surface area contributed by atoms with Crippen molar-refractivity contribution in [2.75, 3.05) is 6.54 Å². The molecule has 1 amide bonds. The number of nitrogens with one attached hydrogen (secondary N) is 1. The topological polar surface area (TPSA) is 41.6 Å². The van der Waals surface area contributed by atoms with Crippen molar-refractivity contribution in [1.29, 1.82) is 0 Å². The first-order chi connectivity index (χ1) is 9.85. The van der Waals surface area contributed by atoms with Crippen molar-refractivity contribution in [1.82, 2.24) is 10.2 Å². The predicted molar refractivity (Wildman–Crippen MR) is 84.1 cm³/mol. The second-order valence-electron chi connectivity index (χ2n) is 6.78. The molecule has 0 saturated carbocycles. The highest BCUT2D eigenvalue weighted by molar-refractivity contribution is 5.69. The standard InChI is InChI=1S/C17H26N2O2/c1-13-10-15(18-11-14-8-6-5-7-9-14)12-19(13)16(20)21-17(2,3)4/h5-9,13,15,18H,10-12H2,1-4H3/t13-,15-/m0/s1. The Morgan fingerprint density at radius 1 is 1.33 bits per heavy atom. The summed E-state index contributed by atoms with van der Waals surface area (Å²) in [5.74, 6) is 0. The minimum atomic E-state index is -0.438. The minimum absolute atomic E-state index is 0.209. The van der Waals surface area contributed by atoms with Gasteiger partial charge in [0.2, 0.25) is 0 Å². The van der Waals surface area contributed by atoms with Crippen molar-refractivity contribution < 1.29 is 9.53 Å². The molecule has 0 aromatic heterocycles. The second kappa shape index (κ2) is 6.48. The molecule has 0 spiro atoms. The third kappa shape index (κ3) is 4.74. The molecule has 0 radical (unpaired) electrons. The summed E-state index contributed by atoms with van der Waals surface area (Å²) in [6.07, 6.45) is 0.755. The fraction of sp³-hybridized carbons (Fsp3) is 0.588. The fourth-order valence-electron chi connectivity index (χ4n) is 2.61. The molecule has 1 aliphatic rings. The zero-order valence-corrected chi connectivity index (χ0v) is 13.4. The molecule has 21 heavy (non-hydrogen) atoms. The summed E-state index contributed by atoms with van der Waals surface area (Å²) in [6, 6.07) is 10.9. The van der Waals surface area contributed by atoms with E-state index in [1.54, 1.807) is 0 Å². The summed E-state index contributed by atoms with van der Waals surface area (Å²) in [7, 11) is 0. The van der Waals surface area contributed by atoms with Crippen LogP contribution in [0.4, 0.5) is 4.79 Å². The number of rotatable bonds is 3. The van der Waals surface area contributed by atoms with Gasteiger partial charge in [-0.25, -0.2) is 4.79 Å². The molecule has 0 aliphatic carbocycles. The van der Waals surface area contributed by atoms with E-state index in [1.807, 2.05) is 43.9 Å². The quantitative estimate of drug-likeness (QED) is 0.929. The predicted octanol–water partition coefficient (Wildman–Crippen LogP) is 3.17. The van der Waals surface area contributed by atoms with Crippen LogP contribution in [0.15, 0.2) is 30.3 Å². The number of amides is 1. The first-order valence-electron chi connectivity index (χ1n) is 7.62. The number of carbonyl (C=O) groups excluding carboxylic acids is 1. The van der Waals surface area contributed by atoms with E-state index in [1.165, 1.54) is 5.56 Å². The largest absolute Gasteiger partial charge is 0.444 e. The van der Waals surface area contributed by atoms with Gasteiger partial charge >= 0.3 is 6.09 Å². The summed E-state index contributed by atoms with van der Waals surface area (Å²) in [4.78, 5) is 14.0. The highest BCUT2D eigenvalue weighted by atomic mass is 16.6. The van der Waals surface area contributed by atoms with Gasteiger partial charge in [-0.05, 0) is 39.7 Å². The molecule has 1 aromatic carbocycles. The van der Waals surface area contributed by atoms with Crippen LogP contribution >= 0.6 is 0 Å². The number of hydrogen-bond donors (Lipinski definition) is 1. The van der Waals surface area contributed by atoms with Gasteiger partial charge in [-0.1, -0.05) is 30.3 Å². The van der Waals surface area contributed by atoms with E-state index in [4.69, 9.17) is 4.74 Å². The van der Waals surface area contributed by atoms with Gasteiger partial charge in [-0.2, -0.15) is 0 Å². The minimum Gasteiger partial charge on any atom is -0.444 e. The third-order valence-corrected chi connectivity index (χ3v) is 3.64. The molecular weight excluding hydrogens is 264 g/mol. The average molecular weight is 290 g/mol. The number of nitrogens with zero attached hydrogens (tertiary/aromatic N) is 1. The molecule has 1 fully saturated rings. The highest BCUT2D eigenvalue weighted by Crippen LogP contribution is 2.21.